The van der Waals surface area contributed by atoms with Crippen molar-refractivity contribution in [2.24, 2.45) is 0 Å². The SMILES string of the molecule is C=C.CS(=O)(=O)OC1CCC(=O)CC1. The fraction of sp³-hybridized carbons (Fsp3) is 0.667. The Morgan fingerprint density at radius 1 is 1.29 bits per heavy atom. The van der Waals surface area contributed by atoms with Crippen LogP contribution in [0.15, 0.2) is 13.2 Å². The van der Waals surface area contributed by atoms with Gasteiger partial charge in [-0.1, -0.05) is 0 Å². The number of hydrogen-bond acceptors (Lipinski definition) is 4. The van der Waals surface area contributed by atoms with Gasteiger partial charge in [0.15, 0.2) is 0 Å². The summed E-state index contributed by atoms with van der Waals surface area (Å²) in [5.74, 6) is 0.198. The van der Waals surface area contributed by atoms with Crippen LogP contribution in [0.2, 0.25) is 0 Å². The van der Waals surface area contributed by atoms with Crippen LogP contribution in [0, 0.1) is 0 Å². The number of carbonyl (C=O) groups excluding carboxylic acids is 1. The molecular formula is C9H16O4S. The van der Waals surface area contributed by atoms with E-state index in [1.165, 1.54) is 0 Å². The van der Waals surface area contributed by atoms with Crippen LogP contribution in [-0.4, -0.2) is 26.6 Å². The molecule has 0 spiro atoms. The molecule has 0 aliphatic heterocycles. The summed E-state index contributed by atoms with van der Waals surface area (Å²) in [5, 5.41) is 0. The normalized spacial score (nSPS) is 18.5. The lowest BCUT2D eigenvalue weighted by molar-refractivity contribution is -0.121. The molecule has 4 nitrogen and oxygen atoms in total. The average Bonchev–Trinajstić information content (AvgIpc) is 2.10. The van der Waals surface area contributed by atoms with Crippen LogP contribution in [-0.2, 0) is 19.1 Å². The van der Waals surface area contributed by atoms with Gasteiger partial charge >= 0.3 is 0 Å². The van der Waals surface area contributed by atoms with E-state index in [-0.39, 0.29) is 11.9 Å². The van der Waals surface area contributed by atoms with Crippen molar-refractivity contribution >= 4 is 15.9 Å². The standard InChI is InChI=1S/C7H12O4S.C2H4/c1-12(9,10)11-7-4-2-6(8)3-5-7;1-2/h7H,2-5H2,1H3;1-2H2. The van der Waals surface area contributed by atoms with Gasteiger partial charge in [-0.05, 0) is 12.8 Å². The highest BCUT2D eigenvalue weighted by molar-refractivity contribution is 7.86. The van der Waals surface area contributed by atoms with Gasteiger partial charge in [-0.3, -0.25) is 8.98 Å². The quantitative estimate of drug-likeness (QED) is 0.519. The molecule has 0 saturated heterocycles. The van der Waals surface area contributed by atoms with E-state index < -0.39 is 10.1 Å². The minimum atomic E-state index is -3.35. The van der Waals surface area contributed by atoms with Crippen LogP contribution in [0.25, 0.3) is 0 Å². The van der Waals surface area contributed by atoms with Gasteiger partial charge in [-0.2, -0.15) is 8.42 Å². The fourth-order valence-electron chi connectivity index (χ4n) is 1.26. The number of hydrogen-bond donors (Lipinski definition) is 0. The molecule has 0 bridgehead atoms. The van der Waals surface area contributed by atoms with Crippen LogP contribution in [0.1, 0.15) is 25.7 Å². The average molecular weight is 220 g/mol. The highest BCUT2D eigenvalue weighted by atomic mass is 32.2. The highest BCUT2D eigenvalue weighted by Gasteiger charge is 2.22. The zero-order valence-electron chi connectivity index (χ0n) is 8.36. The van der Waals surface area contributed by atoms with E-state index in [4.69, 9.17) is 4.18 Å². The zero-order valence-corrected chi connectivity index (χ0v) is 9.18. The Morgan fingerprint density at radius 2 is 1.71 bits per heavy atom. The van der Waals surface area contributed by atoms with Crippen molar-refractivity contribution in [3.05, 3.63) is 13.2 Å². The maximum absolute atomic E-state index is 10.8. The second kappa shape index (κ2) is 5.93. The summed E-state index contributed by atoms with van der Waals surface area (Å²) in [4.78, 5) is 10.8. The van der Waals surface area contributed by atoms with E-state index in [9.17, 15) is 13.2 Å². The molecule has 0 aromatic rings. The van der Waals surface area contributed by atoms with Crippen LogP contribution in [0.5, 0.6) is 0 Å². The molecule has 0 aromatic heterocycles. The maximum Gasteiger partial charge on any atom is 0.264 e. The number of ketones is 1. The first-order valence-corrected chi connectivity index (χ1v) is 6.19. The third kappa shape index (κ3) is 5.88. The third-order valence-corrected chi connectivity index (χ3v) is 2.42. The molecule has 1 fully saturated rings. The molecule has 0 amide bonds. The Labute approximate surface area is 85.1 Å². The Kier molecular flexibility index (Phi) is 5.64. The third-order valence-electron chi connectivity index (χ3n) is 1.80. The van der Waals surface area contributed by atoms with Crippen molar-refractivity contribution in [3.63, 3.8) is 0 Å². The first-order chi connectivity index (χ1) is 6.47. The lowest BCUT2D eigenvalue weighted by atomic mass is 9.97. The molecule has 14 heavy (non-hydrogen) atoms. The summed E-state index contributed by atoms with van der Waals surface area (Å²) in [6, 6.07) is 0. The number of Topliss-reactive ketones (excluding diaryl/α,β-unsaturated/α-hetero) is 1. The fourth-order valence-corrected chi connectivity index (χ4v) is 1.94. The summed E-state index contributed by atoms with van der Waals surface area (Å²) < 4.78 is 26.1. The lowest BCUT2D eigenvalue weighted by Crippen LogP contribution is -2.23. The molecule has 5 heteroatoms. The first-order valence-electron chi connectivity index (χ1n) is 4.37. The van der Waals surface area contributed by atoms with E-state index in [0.717, 1.165) is 6.26 Å². The smallest absolute Gasteiger partial charge is 0.264 e. The molecule has 1 aliphatic carbocycles. The first kappa shape index (κ1) is 13.3. The topological polar surface area (TPSA) is 60.4 Å². The Balaban J connectivity index is 0.000000791. The molecule has 0 heterocycles. The predicted molar refractivity (Wildman–Crippen MR) is 54.4 cm³/mol. The summed E-state index contributed by atoms with van der Waals surface area (Å²) in [6.45, 7) is 6.00. The summed E-state index contributed by atoms with van der Waals surface area (Å²) in [6.07, 6.45) is 2.71. The molecule has 1 saturated carbocycles. The van der Waals surface area contributed by atoms with Crippen molar-refractivity contribution in [2.45, 2.75) is 31.8 Å². The highest BCUT2D eigenvalue weighted by Crippen LogP contribution is 2.19. The second-order valence-corrected chi connectivity index (χ2v) is 4.64. The van der Waals surface area contributed by atoms with Gasteiger partial charge in [0.25, 0.3) is 10.1 Å². The predicted octanol–water partition coefficient (Wildman–Crippen LogP) is 1.28. The molecule has 0 unspecified atom stereocenters. The Hall–Kier alpha value is -0.680. The van der Waals surface area contributed by atoms with Crippen molar-refractivity contribution in [3.8, 4) is 0 Å². The van der Waals surface area contributed by atoms with Gasteiger partial charge in [0.1, 0.15) is 5.78 Å². The van der Waals surface area contributed by atoms with Gasteiger partial charge in [-0.15, -0.1) is 13.2 Å². The van der Waals surface area contributed by atoms with Crippen LogP contribution < -0.4 is 0 Å². The largest absolute Gasteiger partial charge is 0.300 e. The number of rotatable bonds is 2. The van der Waals surface area contributed by atoms with E-state index in [1.807, 2.05) is 0 Å². The van der Waals surface area contributed by atoms with Gasteiger partial charge in [-0.25, -0.2) is 0 Å². The molecule has 0 aromatic carbocycles. The number of carbonyl (C=O) groups is 1. The lowest BCUT2D eigenvalue weighted by Gasteiger charge is -2.19. The van der Waals surface area contributed by atoms with Crippen LogP contribution in [0.4, 0.5) is 0 Å². The summed E-state index contributed by atoms with van der Waals surface area (Å²) in [7, 11) is -3.35. The van der Waals surface area contributed by atoms with E-state index >= 15 is 0 Å². The van der Waals surface area contributed by atoms with E-state index in [0.29, 0.717) is 25.7 Å². The maximum atomic E-state index is 10.8. The van der Waals surface area contributed by atoms with Crippen molar-refractivity contribution < 1.29 is 17.4 Å². The molecule has 0 atom stereocenters. The van der Waals surface area contributed by atoms with Crippen molar-refractivity contribution in [1.29, 1.82) is 0 Å². The minimum Gasteiger partial charge on any atom is -0.300 e. The molecular weight excluding hydrogens is 204 g/mol. The van der Waals surface area contributed by atoms with Crippen molar-refractivity contribution in [1.82, 2.24) is 0 Å². The van der Waals surface area contributed by atoms with Gasteiger partial charge in [0.05, 0.1) is 12.4 Å². The van der Waals surface area contributed by atoms with Crippen LogP contribution in [0.3, 0.4) is 0 Å². The zero-order chi connectivity index (χ0) is 11.2. The van der Waals surface area contributed by atoms with Crippen molar-refractivity contribution in [2.75, 3.05) is 6.26 Å². The van der Waals surface area contributed by atoms with Gasteiger partial charge in [0.2, 0.25) is 0 Å². The summed E-state index contributed by atoms with van der Waals surface area (Å²) >= 11 is 0. The molecule has 0 radical (unpaired) electrons. The molecule has 82 valence electrons. The molecule has 1 rings (SSSR count). The minimum absolute atomic E-state index is 0.198. The van der Waals surface area contributed by atoms with Crippen LogP contribution >= 0.6 is 0 Å². The van der Waals surface area contributed by atoms with Gasteiger partial charge in [0, 0.05) is 12.8 Å². The monoisotopic (exact) mass is 220 g/mol. The van der Waals surface area contributed by atoms with E-state index in [2.05, 4.69) is 13.2 Å². The second-order valence-electron chi connectivity index (χ2n) is 3.04. The Bertz CT molecular complexity index is 271. The summed E-state index contributed by atoms with van der Waals surface area (Å²) in [5.41, 5.74) is 0. The Morgan fingerprint density at radius 3 is 2.07 bits per heavy atom. The van der Waals surface area contributed by atoms with E-state index in [1.54, 1.807) is 0 Å². The molecule has 0 N–H and O–H groups in total. The molecule has 1 aliphatic rings. The van der Waals surface area contributed by atoms with Gasteiger partial charge < -0.3 is 0 Å².